The first kappa shape index (κ1) is 18.7. The molecule has 1 aromatic carbocycles. The molecule has 5 nitrogen and oxygen atoms in total. The minimum absolute atomic E-state index is 0.187. The van der Waals surface area contributed by atoms with Gasteiger partial charge >= 0.3 is 6.18 Å². The van der Waals surface area contributed by atoms with E-state index in [4.69, 9.17) is 4.74 Å². The third-order valence-corrected chi connectivity index (χ3v) is 3.52. The second-order valence-corrected chi connectivity index (χ2v) is 5.36. The third-order valence-electron chi connectivity index (χ3n) is 3.52. The SMILES string of the molecule is COCc1ccccc1CNC(=O)Cn1cc(C(F)(F)F)ccc1=O. The van der Waals surface area contributed by atoms with E-state index in [1.165, 1.54) is 0 Å². The minimum atomic E-state index is -4.58. The summed E-state index contributed by atoms with van der Waals surface area (Å²) in [5.74, 6) is -0.561. The lowest BCUT2D eigenvalue weighted by Crippen LogP contribution is -2.32. The number of nitrogens with zero attached hydrogens (tertiary/aromatic N) is 1. The molecule has 1 amide bonds. The van der Waals surface area contributed by atoms with E-state index in [1.807, 2.05) is 18.2 Å². The van der Waals surface area contributed by atoms with Crippen molar-refractivity contribution in [3.05, 3.63) is 69.6 Å². The number of amides is 1. The van der Waals surface area contributed by atoms with Gasteiger partial charge in [0.25, 0.3) is 5.56 Å². The number of pyridine rings is 1. The number of methoxy groups -OCH3 is 1. The number of ether oxygens (including phenoxy) is 1. The van der Waals surface area contributed by atoms with Crippen LogP contribution < -0.4 is 10.9 Å². The van der Waals surface area contributed by atoms with Crippen molar-refractivity contribution >= 4 is 5.91 Å². The molecule has 0 aliphatic carbocycles. The molecule has 0 aliphatic heterocycles. The van der Waals surface area contributed by atoms with Crippen molar-refractivity contribution in [3.8, 4) is 0 Å². The Balaban J connectivity index is 2.05. The number of hydrogen-bond acceptors (Lipinski definition) is 3. The quantitative estimate of drug-likeness (QED) is 0.866. The molecule has 0 bridgehead atoms. The van der Waals surface area contributed by atoms with Crippen LogP contribution in [0, 0.1) is 0 Å². The smallest absolute Gasteiger partial charge is 0.380 e. The highest BCUT2D eigenvalue weighted by atomic mass is 19.4. The zero-order chi connectivity index (χ0) is 18.4. The van der Waals surface area contributed by atoms with Gasteiger partial charge in [0.15, 0.2) is 0 Å². The predicted molar refractivity (Wildman–Crippen MR) is 84.7 cm³/mol. The summed E-state index contributed by atoms with van der Waals surface area (Å²) in [5, 5.41) is 2.60. The second kappa shape index (κ2) is 7.98. The maximum atomic E-state index is 12.7. The molecule has 0 saturated carbocycles. The van der Waals surface area contributed by atoms with Crippen LogP contribution in [-0.2, 0) is 35.4 Å². The molecular formula is C17H17F3N2O3. The molecule has 1 heterocycles. The zero-order valence-corrected chi connectivity index (χ0v) is 13.5. The van der Waals surface area contributed by atoms with E-state index < -0.39 is 29.8 Å². The van der Waals surface area contributed by atoms with Crippen molar-refractivity contribution in [2.75, 3.05) is 7.11 Å². The van der Waals surface area contributed by atoms with Gasteiger partial charge in [0, 0.05) is 25.9 Å². The van der Waals surface area contributed by atoms with Gasteiger partial charge in [-0.25, -0.2) is 0 Å². The Morgan fingerprint density at radius 3 is 2.48 bits per heavy atom. The standard InChI is InChI=1S/C17H17F3N2O3/c1-25-11-13-5-3-2-4-12(13)8-21-15(23)10-22-9-14(17(18,19)20)6-7-16(22)24/h2-7,9H,8,10-11H2,1H3,(H,21,23). The number of alkyl halides is 3. The van der Waals surface area contributed by atoms with E-state index in [9.17, 15) is 22.8 Å². The first-order chi connectivity index (χ1) is 11.8. The molecule has 2 aromatic rings. The molecule has 0 fully saturated rings. The van der Waals surface area contributed by atoms with Crippen LogP contribution >= 0.6 is 0 Å². The van der Waals surface area contributed by atoms with Crippen molar-refractivity contribution in [1.29, 1.82) is 0 Å². The molecule has 25 heavy (non-hydrogen) atoms. The highest BCUT2D eigenvalue weighted by molar-refractivity contribution is 5.75. The highest BCUT2D eigenvalue weighted by Crippen LogP contribution is 2.27. The Labute approximate surface area is 142 Å². The van der Waals surface area contributed by atoms with E-state index in [-0.39, 0.29) is 6.54 Å². The number of halogens is 3. The monoisotopic (exact) mass is 354 g/mol. The first-order valence-electron chi connectivity index (χ1n) is 7.41. The Morgan fingerprint density at radius 2 is 1.84 bits per heavy atom. The molecule has 0 spiro atoms. The van der Waals surface area contributed by atoms with E-state index in [2.05, 4.69) is 5.32 Å². The predicted octanol–water partition coefficient (Wildman–Crippen LogP) is 2.33. The largest absolute Gasteiger partial charge is 0.417 e. The minimum Gasteiger partial charge on any atom is -0.380 e. The van der Waals surface area contributed by atoms with Crippen LogP contribution in [0.15, 0.2) is 47.4 Å². The van der Waals surface area contributed by atoms with E-state index in [1.54, 1.807) is 13.2 Å². The average Bonchev–Trinajstić information content (AvgIpc) is 2.55. The molecule has 134 valence electrons. The Morgan fingerprint density at radius 1 is 1.16 bits per heavy atom. The summed E-state index contributed by atoms with van der Waals surface area (Å²) in [6.07, 6.45) is -3.94. The average molecular weight is 354 g/mol. The molecule has 0 aliphatic rings. The number of rotatable bonds is 6. The van der Waals surface area contributed by atoms with Gasteiger partial charge in [-0.1, -0.05) is 24.3 Å². The lowest BCUT2D eigenvalue weighted by Gasteiger charge is -2.12. The maximum Gasteiger partial charge on any atom is 0.417 e. The van der Waals surface area contributed by atoms with Crippen LogP contribution in [0.4, 0.5) is 13.2 Å². The molecule has 0 atom stereocenters. The van der Waals surface area contributed by atoms with Gasteiger partial charge in [0.05, 0.1) is 12.2 Å². The number of nitrogens with one attached hydrogen (secondary N) is 1. The summed E-state index contributed by atoms with van der Waals surface area (Å²) in [6, 6.07) is 8.79. The van der Waals surface area contributed by atoms with E-state index in [0.717, 1.165) is 21.8 Å². The fraction of sp³-hybridized carbons (Fsp3) is 0.294. The Hall–Kier alpha value is -2.61. The molecule has 8 heteroatoms. The summed E-state index contributed by atoms with van der Waals surface area (Å²) in [5.41, 5.74) is 0.0592. The van der Waals surface area contributed by atoms with Gasteiger partial charge in [0.2, 0.25) is 5.91 Å². The molecule has 0 saturated heterocycles. The first-order valence-corrected chi connectivity index (χ1v) is 7.41. The van der Waals surface area contributed by atoms with Crippen molar-refractivity contribution in [1.82, 2.24) is 9.88 Å². The van der Waals surface area contributed by atoms with Crippen LogP contribution in [0.5, 0.6) is 0 Å². The normalized spacial score (nSPS) is 11.4. The maximum absolute atomic E-state index is 12.7. The summed E-state index contributed by atoms with van der Waals surface area (Å²) >= 11 is 0. The summed E-state index contributed by atoms with van der Waals surface area (Å²) in [4.78, 5) is 23.6. The van der Waals surface area contributed by atoms with Crippen LogP contribution in [0.1, 0.15) is 16.7 Å². The molecule has 1 aromatic heterocycles. The van der Waals surface area contributed by atoms with E-state index in [0.29, 0.717) is 18.9 Å². The number of hydrogen-bond donors (Lipinski definition) is 1. The van der Waals surface area contributed by atoms with Crippen LogP contribution in [0.3, 0.4) is 0 Å². The fourth-order valence-electron chi connectivity index (χ4n) is 2.25. The summed E-state index contributed by atoms with van der Waals surface area (Å²) in [6.45, 7) is 0.0698. The van der Waals surface area contributed by atoms with Crippen LogP contribution in [0.2, 0.25) is 0 Å². The van der Waals surface area contributed by atoms with E-state index >= 15 is 0 Å². The van der Waals surface area contributed by atoms with Crippen LogP contribution in [0.25, 0.3) is 0 Å². The highest BCUT2D eigenvalue weighted by Gasteiger charge is 2.31. The van der Waals surface area contributed by atoms with Gasteiger partial charge in [-0.05, 0) is 17.2 Å². The summed E-state index contributed by atoms with van der Waals surface area (Å²) in [7, 11) is 1.55. The Bertz CT molecular complexity index is 800. The van der Waals surface area contributed by atoms with Crippen molar-refractivity contribution in [2.24, 2.45) is 0 Å². The number of carbonyl (C=O) groups is 1. The molecule has 0 unspecified atom stereocenters. The lowest BCUT2D eigenvalue weighted by atomic mass is 10.1. The zero-order valence-electron chi connectivity index (χ0n) is 13.5. The van der Waals surface area contributed by atoms with Crippen molar-refractivity contribution in [2.45, 2.75) is 25.9 Å². The second-order valence-electron chi connectivity index (χ2n) is 5.36. The number of carbonyl (C=O) groups excluding carboxylic acids is 1. The van der Waals surface area contributed by atoms with Crippen molar-refractivity contribution in [3.63, 3.8) is 0 Å². The van der Waals surface area contributed by atoms with Crippen LogP contribution in [-0.4, -0.2) is 17.6 Å². The molecular weight excluding hydrogens is 337 g/mol. The fourth-order valence-corrected chi connectivity index (χ4v) is 2.25. The molecule has 1 N–H and O–H groups in total. The number of benzene rings is 1. The third kappa shape index (κ3) is 5.18. The topological polar surface area (TPSA) is 60.3 Å². The Kier molecular flexibility index (Phi) is 5.97. The van der Waals surface area contributed by atoms with Gasteiger partial charge in [-0.2, -0.15) is 13.2 Å². The van der Waals surface area contributed by atoms with Crippen molar-refractivity contribution < 1.29 is 22.7 Å². The van der Waals surface area contributed by atoms with Gasteiger partial charge in [-0.15, -0.1) is 0 Å². The summed E-state index contributed by atoms with van der Waals surface area (Å²) < 4.78 is 43.9. The van der Waals surface area contributed by atoms with Gasteiger partial charge in [0.1, 0.15) is 6.54 Å². The van der Waals surface area contributed by atoms with Gasteiger partial charge < -0.3 is 14.6 Å². The lowest BCUT2D eigenvalue weighted by molar-refractivity contribution is -0.138. The molecule has 0 radical (unpaired) electrons. The van der Waals surface area contributed by atoms with Gasteiger partial charge in [-0.3, -0.25) is 9.59 Å². The molecule has 2 rings (SSSR count). The number of aromatic nitrogens is 1.